The second kappa shape index (κ2) is 11.3. The molecule has 0 saturated heterocycles. The van der Waals surface area contributed by atoms with Gasteiger partial charge in [0.25, 0.3) is 0 Å². The Hall–Kier alpha value is -3.57. The van der Waals surface area contributed by atoms with E-state index in [0.29, 0.717) is 23.0 Å². The first-order chi connectivity index (χ1) is 16.0. The summed E-state index contributed by atoms with van der Waals surface area (Å²) in [6.07, 6.45) is 2.97. The maximum absolute atomic E-state index is 11.7. The Balaban J connectivity index is 0.000000194. The zero-order chi connectivity index (χ0) is 23.8. The standard InChI is InChI=1S/C16H16O3.C12H15NO/c1-11(17)13-6-4-5-7-14(13)12-8-9-15(18-2)16(10-12)19-3;1-9(8-14)6-10-7-13-12-5-3-2-4-11(10)12/h4-10H,1-3H3;2-5,7,9,13-14H,6,8H2,1H3. The minimum atomic E-state index is 0.0467. The molecule has 0 radical (unpaired) electrons. The second-order valence-electron chi connectivity index (χ2n) is 8.02. The first kappa shape index (κ1) is 24.1. The minimum Gasteiger partial charge on any atom is -0.493 e. The lowest BCUT2D eigenvalue weighted by atomic mass is 9.97. The average molecular weight is 446 g/mol. The summed E-state index contributed by atoms with van der Waals surface area (Å²) < 4.78 is 10.5. The van der Waals surface area contributed by atoms with Gasteiger partial charge in [-0.05, 0) is 54.2 Å². The van der Waals surface area contributed by atoms with Gasteiger partial charge >= 0.3 is 0 Å². The van der Waals surface area contributed by atoms with Gasteiger partial charge in [0, 0.05) is 29.3 Å². The Morgan fingerprint density at radius 2 is 1.67 bits per heavy atom. The van der Waals surface area contributed by atoms with E-state index in [2.05, 4.69) is 24.0 Å². The lowest BCUT2D eigenvalue weighted by Gasteiger charge is -2.11. The average Bonchev–Trinajstić information content (AvgIpc) is 3.26. The number of Topliss-reactive ketones (excluding diaryl/α,β-unsaturated/α-hetero) is 1. The molecule has 0 bridgehead atoms. The number of benzene rings is 3. The summed E-state index contributed by atoms with van der Waals surface area (Å²) in [6.45, 7) is 3.88. The normalized spacial score (nSPS) is 11.4. The molecular formula is C28H31NO4. The van der Waals surface area contributed by atoms with E-state index in [-0.39, 0.29) is 12.4 Å². The highest BCUT2D eigenvalue weighted by Crippen LogP contribution is 2.33. The largest absolute Gasteiger partial charge is 0.493 e. The highest BCUT2D eigenvalue weighted by Gasteiger charge is 2.11. The molecule has 1 aromatic heterocycles. The molecule has 1 atom stereocenters. The summed E-state index contributed by atoms with van der Waals surface area (Å²) in [5.74, 6) is 1.70. The van der Waals surface area contributed by atoms with Crippen LogP contribution in [0.1, 0.15) is 29.8 Å². The van der Waals surface area contributed by atoms with E-state index in [1.54, 1.807) is 21.1 Å². The monoisotopic (exact) mass is 445 g/mol. The number of carbonyl (C=O) groups is 1. The molecule has 4 rings (SSSR count). The van der Waals surface area contributed by atoms with Crippen LogP contribution in [-0.2, 0) is 6.42 Å². The number of fused-ring (bicyclic) bond motifs is 1. The molecule has 0 saturated carbocycles. The Morgan fingerprint density at radius 1 is 0.970 bits per heavy atom. The topological polar surface area (TPSA) is 71.5 Å². The van der Waals surface area contributed by atoms with Gasteiger partial charge in [-0.1, -0.05) is 55.5 Å². The first-order valence-corrected chi connectivity index (χ1v) is 11.0. The lowest BCUT2D eigenvalue weighted by Crippen LogP contribution is -2.03. The van der Waals surface area contributed by atoms with Crippen LogP contribution >= 0.6 is 0 Å². The van der Waals surface area contributed by atoms with Crippen molar-refractivity contribution in [2.45, 2.75) is 20.3 Å². The van der Waals surface area contributed by atoms with Crippen LogP contribution in [0.5, 0.6) is 11.5 Å². The second-order valence-corrected chi connectivity index (χ2v) is 8.02. The van der Waals surface area contributed by atoms with Crippen molar-refractivity contribution < 1.29 is 19.4 Å². The van der Waals surface area contributed by atoms with Crippen LogP contribution < -0.4 is 9.47 Å². The van der Waals surface area contributed by atoms with Gasteiger partial charge in [-0.25, -0.2) is 0 Å². The number of rotatable bonds is 7. The van der Waals surface area contributed by atoms with Crippen LogP contribution in [0.25, 0.3) is 22.0 Å². The SMILES string of the molecule is CC(CO)Cc1c[nH]c2ccccc12.COc1ccc(-c2ccccc2C(C)=O)cc1OC. The van der Waals surface area contributed by atoms with E-state index in [9.17, 15) is 4.79 Å². The third-order valence-corrected chi connectivity index (χ3v) is 5.56. The van der Waals surface area contributed by atoms with Crippen LogP contribution in [0.15, 0.2) is 72.9 Å². The van der Waals surface area contributed by atoms with Crippen LogP contribution in [0.4, 0.5) is 0 Å². The quantitative estimate of drug-likeness (QED) is 0.347. The van der Waals surface area contributed by atoms with E-state index >= 15 is 0 Å². The summed E-state index contributed by atoms with van der Waals surface area (Å²) in [4.78, 5) is 14.9. The molecule has 0 spiro atoms. The fourth-order valence-electron chi connectivity index (χ4n) is 3.79. The number of aromatic nitrogens is 1. The molecule has 0 amide bonds. The molecule has 0 aliphatic heterocycles. The van der Waals surface area contributed by atoms with Crippen molar-refractivity contribution in [2.24, 2.45) is 5.92 Å². The summed E-state index contributed by atoms with van der Waals surface area (Å²) in [5.41, 5.74) is 5.00. The van der Waals surface area contributed by atoms with Crippen molar-refractivity contribution >= 4 is 16.7 Å². The summed E-state index contributed by atoms with van der Waals surface area (Å²) in [5, 5.41) is 10.3. The number of ketones is 1. The predicted molar refractivity (Wildman–Crippen MR) is 133 cm³/mol. The number of nitrogens with one attached hydrogen (secondary N) is 1. The van der Waals surface area contributed by atoms with Crippen LogP contribution in [0, 0.1) is 5.92 Å². The number of methoxy groups -OCH3 is 2. The molecule has 33 heavy (non-hydrogen) atoms. The maximum Gasteiger partial charge on any atom is 0.161 e. The third-order valence-electron chi connectivity index (χ3n) is 5.56. The van der Waals surface area contributed by atoms with Gasteiger partial charge < -0.3 is 19.6 Å². The summed E-state index contributed by atoms with van der Waals surface area (Å²) in [6, 6.07) is 21.4. The highest BCUT2D eigenvalue weighted by molar-refractivity contribution is 6.00. The molecule has 0 aliphatic rings. The summed E-state index contributed by atoms with van der Waals surface area (Å²) in [7, 11) is 3.19. The van der Waals surface area contributed by atoms with Gasteiger partial charge in [0.05, 0.1) is 14.2 Å². The van der Waals surface area contributed by atoms with Crippen molar-refractivity contribution in [1.82, 2.24) is 4.98 Å². The van der Waals surface area contributed by atoms with Gasteiger partial charge in [-0.3, -0.25) is 4.79 Å². The number of ether oxygens (including phenoxy) is 2. The molecule has 1 heterocycles. The zero-order valence-electron chi connectivity index (χ0n) is 19.6. The van der Waals surface area contributed by atoms with Gasteiger partial charge in [-0.15, -0.1) is 0 Å². The Labute approximate surface area is 195 Å². The molecule has 172 valence electrons. The Kier molecular flexibility index (Phi) is 8.28. The fourth-order valence-corrected chi connectivity index (χ4v) is 3.79. The van der Waals surface area contributed by atoms with Crippen LogP contribution in [0.2, 0.25) is 0 Å². The van der Waals surface area contributed by atoms with E-state index in [1.165, 1.54) is 16.5 Å². The van der Waals surface area contributed by atoms with Gasteiger partial charge in [0.1, 0.15) is 0 Å². The number of aromatic amines is 1. The molecule has 4 aromatic rings. The molecule has 5 heteroatoms. The van der Waals surface area contributed by atoms with Crippen molar-refractivity contribution in [2.75, 3.05) is 20.8 Å². The molecule has 3 aromatic carbocycles. The van der Waals surface area contributed by atoms with Crippen molar-refractivity contribution in [3.05, 3.63) is 84.1 Å². The fraction of sp³-hybridized carbons (Fsp3) is 0.250. The van der Waals surface area contributed by atoms with Gasteiger partial charge in [0.2, 0.25) is 0 Å². The van der Waals surface area contributed by atoms with Crippen molar-refractivity contribution in [1.29, 1.82) is 0 Å². The lowest BCUT2D eigenvalue weighted by molar-refractivity contribution is 0.101. The molecule has 2 N–H and O–H groups in total. The molecule has 0 aliphatic carbocycles. The molecular weight excluding hydrogens is 414 g/mol. The Morgan fingerprint density at radius 3 is 2.36 bits per heavy atom. The molecule has 5 nitrogen and oxygen atoms in total. The smallest absolute Gasteiger partial charge is 0.161 e. The van der Waals surface area contributed by atoms with Gasteiger partial charge in [0.15, 0.2) is 17.3 Å². The minimum absolute atomic E-state index is 0.0467. The van der Waals surface area contributed by atoms with E-state index < -0.39 is 0 Å². The highest BCUT2D eigenvalue weighted by atomic mass is 16.5. The van der Waals surface area contributed by atoms with Crippen molar-refractivity contribution in [3.8, 4) is 22.6 Å². The predicted octanol–water partition coefficient (Wildman–Crippen LogP) is 5.91. The van der Waals surface area contributed by atoms with Gasteiger partial charge in [-0.2, -0.15) is 0 Å². The van der Waals surface area contributed by atoms with Crippen molar-refractivity contribution in [3.63, 3.8) is 0 Å². The van der Waals surface area contributed by atoms with Crippen LogP contribution in [0.3, 0.4) is 0 Å². The number of hydrogen-bond acceptors (Lipinski definition) is 4. The number of carbonyl (C=O) groups excluding carboxylic acids is 1. The maximum atomic E-state index is 11.7. The number of hydrogen-bond donors (Lipinski definition) is 2. The van der Waals surface area contributed by atoms with Crippen LogP contribution in [-0.4, -0.2) is 36.7 Å². The number of H-pyrrole nitrogens is 1. The van der Waals surface area contributed by atoms with E-state index in [0.717, 1.165) is 17.5 Å². The molecule has 1 unspecified atom stereocenters. The van der Waals surface area contributed by atoms with E-state index in [4.69, 9.17) is 14.6 Å². The third kappa shape index (κ3) is 5.82. The number of aliphatic hydroxyl groups is 1. The number of para-hydroxylation sites is 1. The van der Waals surface area contributed by atoms with E-state index in [1.807, 2.05) is 60.8 Å². The first-order valence-electron chi connectivity index (χ1n) is 11.0. The summed E-state index contributed by atoms with van der Waals surface area (Å²) >= 11 is 0. The molecule has 0 fully saturated rings. The number of aliphatic hydroxyl groups excluding tert-OH is 1. The Bertz CT molecular complexity index is 1210. The zero-order valence-corrected chi connectivity index (χ0v) is 19.6.